The zero-order chi connectivity index (χ0) is 3.41. The molecule has 0 aliphatic heterocycles. The summed E-state index contributed by atoms with van der Waals surface area (Å²) < 4.78 is 3.85. The van der Waals surface area contributed by atoms with E-state index in [2.05, 4.69) is 11.8 Å². The third kappa shape index (κ3) is 1.92. The lowest BCUT2D eigenvalue weighted by Crippen LogP contribution is -1.76. The Morgan fingerprint density at radius 1 is 2.00 bits per heavy atom. The van der Waals surface area contributed by atoms with Crippen LogP contribution < -0.4 is 0 Å². The number of hydrogen-bond acceptors (Lipinski definition) is 2. The molecular weight excluding hydrogens is 56.0 g/mol. The van der Waals surface area contributed by atoms with Crippen LogP contribution in [-0.4, -0.2) is 11.9 Å². The Morgan fingerprint density at radius 3 is 2.25 bits per heavy atom. The first-order valence-electron chi connectivity index (χ1n) is 0.894. The van der Waals surface area contributed by atoms with E-state index in [4.69, 9.17) is 5.11 Å². The van der Waals surface area contributed by atoms with E-state index in [1.165, 1.54) is 0 Å². The highest BCUT2D eigenvalue weighted by molar-refractivity contribution is 3.89. The van der Waals surface area contributed by atoms with E-state index in [1.54, 1.807) is 0 Å². The van der Waals surface area contributed by atoms with Gasteiger partial charge in [-0.3, -0.25) is 0 Å². The number of rotatable bonds is 1. The van der Waals surface area contributed by atoms with Gasteiger partial charge in [-0.05, 0) is 0 Å². The molecule has 0 saturated heterocycles. The summed E-state index contributed by atoms with van der Waals surface area (Å²) in [6.07, 6.45) is 0. The minimum Gasteiger partial charge on any atom is -0.371 e. The minimum atomic E-state index is -0.292. The number of hydrogen-bond donors (Lipinski definition) is 1. The monoisotopic (exact) mass is 61.0 g/mol. The highest BCUT2D eigenvalue weighted by atomic mass is 16.6. The molecular formula is C2H5O2. The quantitative estimate of drug-likeness (QED) is 0.423. The van der Waals surface area contributed by atoms with E-state index < -0.39 is 0 Å². The highest BCUT2D eigenvalue weighted by Crippen LogP contribution is 1.51. The van der Waals surface area contributed by atoms with Crippen LogP contribution in [0.15, 0.2) is 0 Å². The first kappa shape index (κ1) is 3.92. The van der Waals surface area contributed by atoms with Gasteiger partial charge in [0, 0.05) is 0 Å². The van der Waals surface area contributed by atoms with Crippen LogP contribution in [0.1, 0.15) is 0 Å². The van der Waals surface area contributed by atoms with E-state index in [0.29, 0.717) is 0 Å². The van der Waals surface area contributed by atoms with Crippen LogP contribution in [0, 0.1) is 7.11 Å². The second-order valence-corrected chi connectivity index (χ2v) is 0.333. The lowest BCUT2D eigenvalue weighted by molar-refractivity contribution is 0.0560. The zero-order valence-corrected chi connectivity index (χ0v) is 2.27. The molecule has 0 fully saturated rings. The molecule has 0 aliphatic rings. The minimum absolute atomic E-state index is 0.292. The van der Waals surface area contributed by atoms with Crippen molar-refractivity contribution in [3.8, 4) is 0 Å². The Balaban J connectivity index is 1.97. The smallest absolute Gasteiger partial charge is 0.143 e. The molecule has 0 heterocycles. The van der Waals surface area contributed by atoms with Crippen LogP contribution >= 0.6 is 0 Å². The first-order valence-corrected chi connectivity index (χ1v) is 0.894. The second-order valence-electron chi connectivity index (χ2n) is 0.333. The number of aliphatic hydroxyl groups is 1. The fraction of sp³-hybridized carbons (Fsp3) is 0.500. The van der Waals surface area contributed by atoms with Crippen LogP contribution in [0.4, 0.5) is 0 Å². The fourth-order valence-corrected chi connectivity index (χ4v) is 0. The van der Waals surface area contributed by atoms with Gasteiger partial charge >= 0.3 is 0 Å². The molecule has 0 rings (SSSR count). The third-order valence-electron chi connectivity index (χ3n) is 0.0913. The zero-order valence-electron chi connectivity index (χ0n) is 2.27. The molecule has 0 saturated carbocycles. The summed E-state index contributed by atoms with van der Waals surface area (Å²) in [7, 11) is 2.85. The largest absolute Gasteiger partial charge is 0.371 e. The Hall–Kier alpha value is -0.0800. The Labute approximate surface area is 25.0 Å². The van der Waals surface area contributed by atoms with Crippen LogP contribution in [0.2, 0.25) is 0 Å². The van der Waals surface area contributed by atoms with Gasteiger partial charge in [-0.25, -0.2) is 0 Å². The van der Waals surface area contributed by atoms with Crippen molar-refractivity contribution in [2.75, 3.05) is 6.79 Å². The van der Waals surface area contributed by atoms with E-state index in [-0.39, 0.29) is 6.79 Å². The Kier molecular flexibility index (Phi) is 2.86. The molecule has 0 aromatic heterocycles. The molecule has 2 heteroatoms. The van der Waals surface area contributed by atoms with Crippen molar-refractivity contribution in [1.82, 2.24) is 0 Å². The molecule has 0 amide bonds. The van der Waals surface area contributed by atoms with Gasteiger partial charge in [0.05, 0.1) is 7.11 Å². The van der Waals surface area contributed by atoms with Crippen LogP contribution in [-0.2, 0) is 4.74 Å². The Morgan fingerprint density at radius 2 is 2.25 bits per heavy atom. The van der Waals surface area contributed by atoms with Crippen molar-refractivity contribution in [3.63, 3.8) is 0 Å². The SMILES string of the molecule is [CH2]OCO. The maximum absolute atomic E-state index is 7.59. The van der Waals surface area contributed by atoms with Crippen molar-refractivity contribution < 1.29 is 9.84 Å². The van der Waals surface area contributed by atoms with Gasteiger partial charge < -0.3 is 9.84 Å². The Bertz CT molecular complexity index is 6.00. The molecule has 0 aliphatic carbocycles. The van der Waals surface area contributed by atoms with Gasteiger partial charge in [0.2, 0.25) is 0 Å². The van der Waals surface area contributed by atoms with E-state index >= 15 is 0 Å². The summed E-state index contributed by atoms with van der Waals surface area (Å²) in [6.45, 7) is -0.292. The van der Waals surface area contributed by atoms with E-state index in [0.717, 1.165) is 0 Å². The summed E-state index contributed by atoms with van der Waals surface area (Å²) >= 11 is 0. The van der Waals surface area contributed by atoms with Crippen LogP contribution in [0.3, 0.4) is 0 Å². The maximum atomic E-state index is 7.59. The summed E-state index contributed by atoms with van der Waals surface area (Å²) in [6, 6.07) is 0. The maximum Gasteiger partial charge on any atom is 0.143 e. The molecule has 25 valence electrons. The molecule has 1 radical (unpaired) electrons. The van der Waals surface area contributed by atoms with Crippen molar-refractivity contribution in [2.45, 2.75) is 0 Å². The standard InChI is InChI=1S/C2H5O2/c1-4-2-3/h3H,1-2H2. The summed E-state index contributed by atoms with van der Waals surface area (Å²) in [5.41, 5.74) is 0. The molecule has 1 N–H and O–H groups in total. The molecule has 0 aromatic rings. The number of ether oxygens (including phenoxy) is 1. The van der Waals surface area contributed by atoms with Gasteiger partial charge in [-0.1, -0.05) is 0 Å². The van der Waals surface area contributed by atoms with E-state index in [1.807, 2.05) is 0 Å². The van der Waals surface area contributed by atoms with Crippen molar-refractivity contribution in [2.24, 2.45) is 0 Å². The van der Waals surface area contributed by atoms with Gasteiger partial charge in [0.25, 0.3) is 0 Å². The van der Waals surface area contributed by atoms with Gasteiger partial charge in [0.15, 0.2) is 0 Å². The van der Waals surface area contributed by atoms with Crippen molar-refractivity contribution >= 4 is 0 Å². The van der Waals surface area contributed by atoms with Gasteiger partial charge in [0.1, 0.15) is 6.79 Å². The van der Waals surface area contributed by atoms with Crippen LogP contribution in [0.5, 0.6) is 0 Å². The molecule has 0 bridgehead atoms. The molecule has 0 atom stereocenters. The van der Waals surface area contributed by atoms with Crippen molar-refractivity contribution in [3.05, 3.63) is 7.11 Å². The topological polar surface area (TPSA) is 29.5 Å². The molecule has 0 aromatic carbocycles. The molecule has 4 heavy (non-hydrogen) atoms. The number of aliphatic hydroxyl groups excluding tert-OH is 1. The third-order valence-corrected chi connectivity index (χ3v) is 0.0913. The molecule has 0 spiro atoms. The highest BCUT2D eigenvalue weighted by Gasteiger charge is 1.52. The summed E-state index contributed by atoms with van der Waals surface area (Å²) in [5, 5.41) is 7.59. The second kappa shape index (κ2) is 2.92. The van der Waals surface area contributed by atoms with Gasteiger partial charge in [-0.2, -0.15) is 0 Å². The fourth-order valence-electron chi connectivity index (χ4n) is 0. The lowest BCUT2D eigenvalue weighted by atomic mass is 11.4. The lowest BCUT2D eigenvalue weighted by Gasteiger charge is -1.75. The van der Waals surface area contributed by atoms with Gasteiger partial charge in [-0.15, -0.1) is 0 Å². The predicted molar refractivity (Wildman–Crippen MR) is 13.5 cm³/mol. The average Bonchev–Trinajstić information content (AvgIpc) is 1.37. The summed E-state index contributed by atoms with van der Waals surface area (Å²) in [5.74, 6) is 0. The average molecular weight is 61.1 g/mol. The van der Waals surface area contributed by atoms with Crippen molar-refractivity contribution in [1.29, 1.82) is 0 Å². The predicted octanol–water partition coefficient (Wildman–Crippen LogP) is -0.256. The summed E-state index contributed by atoms with van der Waals surface area (Å²) in [4.78, 5) is 0. The molecule has 0 unspecified atom stereocenters. The van der Waals surface area contributed by atoms with E-state index in [9.17, 15) is 0 Å². The first-order chi connectivity index (χ1) is 1.91. The molecule has 2 nitrogen and oxygen atoms in total. The van der Waals surface area contributed by atoms with Crippen LogP contribution in [0.25, 0.3) is 0 Å². The normalized spacial score (nSPS) is 7.50.